The smallest absolute Gasteiger partial charge is 0.384 e. The highest BCUT2D eigenvalue weighted by Gasteiger charge is 2.47. The van der Waals surface area contributed by atoms with E-state index in [1.54, 1.807) is 36.0 Å². The summed E-state index contributed by atoms with van der Waals surface area (Å²) < 4.78 is 52.4. The quantitative estimate of drug-likeness (QED) is 0.316. The number of carbonyl (C=O) groups excluding carboxylic acids is 2. The summed E-state index contributed by atoms with van der Waals surface area (Å²) in [4.78, 5) is 41.1. The Balaban J connectivity index is 1.25. The number of amides is 2. The van der Waals surface area contributed by atoms with Crippen LogP contribution in [-0.4, -0.2) is 69.5 Å². The maximum atomic E-state index is 13.5. The highest BCUT2D eigenvalue weighted by molar-refractivity contribution is 6.04. The van der Waals surface area contributed by atoms with Crippen LogP contribution in [0, 0.1) is 5.41 Å². The molecule has 0 bridgehead atoms. The number of imidazole rings is 1. The van der Waals surface area contributed by atoms with E-state index in [1.807, 2.05) is 4.90 Å². The number of methoxy groups -OCH3 is 1. The third-order valence-corrected chi connectivity index (χ3v) is 8.19. The molecule has 11 nitrogen and oxygen atoms in total. The summed E-state index contributed by atoms with van der Waals surface area (Å²) in [5, 5.41) is 2.40. The Morgan fingerprint density at radius 3 is 2.61 bits per heavy atom. The van der Waals surface area contributed by atoms with E-state index < -0.39 is 29.2 Å². The van der Waals surface area contributed by atoms with E-state index in [4.69, 9.17) is 20.2 Å². The molecular formula is C30H30F3N7O4. The van der Waals surface area contributed by atoms with Gasteiger partial charge in [0.1, 0.15) is 34.8 Å². The molecule has 0 unspecified atom stereocenters. The molecule has 6 rings (SSSR count). The van der Waals surface area contributed by atoms with Gasteiger partial charge < -0.3 is 25.4 Å². The van der Waals surface area contributed by atoms with Crippen LogP contribution in [-0.2, 0) is 20.4 Å². The monoisotopic (exact) mass is 609 g/mol. The number of hydrogen-bond donors (Lipinski definition) is 2. The molecule has 1 saturated carbocycles. The molecule has 230 valence electrons. The number of carbonyl (C=O) groups is 2. The van der Waals surface area contributed by atoms with Gasteiger partial charge in [0, 0.05) is 43.4 Å². The van der Waals surface area contributed by atoms with E-state index >= 15 is 0 Å². The fraction of sp³-hybridized carbons (Fsp3) is 0.367. The van der Waals surface area contributed by atoms with Gasteiger partial charge in [-0.15, -0.1) is 0 Å². The van der Waals surface area contributed by atoms with Crippen molar-refractivity contribution in [1.29, 1.82) is 0 Å². The SMILES string of the molecule is COCC1(C(=O)N2CCO[C@@H](c3nc(-c4ccc(C(=O)Nc5cc(C(F)(F)F)ccn5)cc4)c4c(N)nccn34)C2)CCC1. The summed E-state index contributed by atoms with van der Waals surface area (Å²) in [7, 11) is 1.61. The largest absolute Gasteiger partial charge is 0.416 e. The molecule has 2 aliphatic rings. The van der Waals surface area contributed by atoms with Gasteiger partial charge in [0.15, 0.2) is 0 Å². The number of morpholine rings is 1. The number of hydrogen-bond acceptors (Lipinski definition) is 8. The van der Waals surface area contributed by atoms with Crippen molar-refractivity contribution in [3.8, 4) is 11.3 Å². The number of nitrogens with zero attached hydrogens (tertiary/aromatic N) is 5. The fourth-order valence-electron chi connectivity index (χ4n) is 5.78. The molecular weight excluding hydrogens is 579 g/mol. The Morgan fingerprint density at radius 2 is 1.93 bits per heavy atom. The van der Waals surface area contributed by atoms with E-state index in [2.05, 4.69) is 15.3 Å². The maximum absolute atomic E-state index is 13.5. The minimum Gasteiger partial charge on any atom is -0.384 e. The number of fused-ring (bicyclic) bond motifs is 1. The lowest BCUT2D eigenvalue weighted by Crippen LogP contribution is -2.54. The number of benzene rings is 1. The number of halogens is 3. The van der Waals surface area contributed by atoms with Crippen molar-refractivity contribution in [3.05, 3.63) is 71.9 Å². The van der Waals surface area contributed by atoms with Crippen LogP contribution in [0.1, 0.15) is 47.1 Å². The van der Waals surface area contributed by atoms with Crippen molar-refractivity contribution >= 4 is 29.0 Å². The topological polar surface area (TPSA) is 137 Å². The van der Waals surface area contributed by atoms with Crippen molar-refractivity contribution in [3.63, 3.8) is 0 Å². The second-order valence-corrected chi connectivity index (χ2v) is 11.0. The number of anilines is 2. The molecule has 2 amide bonds. The molecule has 0 spiro atoms. The fourth-order valence-corrected chi connectivity index (χ4v) is 5.78. The van der Waals surface area contributed by atoms with Gasteiger partial charge in [-0.25, -0.2) is 15.0 Å². The van der Waals surface area contributed by atoms with Crippen molar-refractivity contribution in [2.45, 2.75) is 31.5 Å². The number of nitrogens with two attached hydrogens (primary N) is 1. The second-order valence-electron chi connectivity index (χ2n) is 11.0. The number of ether oxygens (including phenoxy) is 2. The van der Waals surface area contributed by atoms with Crippen LogP contribution >= 0.6 is 0 Å². The van der Waals surface area contributed by atoms with Crippen LogP contribution in [0.3, 0.4) is 0 Å². The van der Waals surface area contributed by atoms with Gasteiger partial charge in [0.25, 0.3) is 5.91 Å². The number of aromatic nitrogens is 4. The lowest BCUT2D eigenvalue weighted by atomic mass is 9.68. The van der Waals surface area contributed by atoms with Crippen LogP contribution in [0.25, 0.3) is 16.8 Å². The molecule has 1 atom stereocenters. The zero-order valence-corrected chi connectivity index (χ0v) is 23.8. The Morgan fingerprint density at radius 1 is 1.16 bits per heavy atom. The highest BCUT2D eigenvalue weighted by Crippen LogP contribution is 2.43. The Bertz CT molecular complexity index is 1700. The first kappa shape index (κ1) is 29.5. The first-order valence-corrected chi connectivity index (χ1v) is 14.1. The Kier molecular flexibility index (Phi) is 7.72. The first-order valence-electron chi connectivity index (χ1n) is 14.1. The predicted octanol–water partition coefficient (Wildman–Crippen LogP) is 4.36. The summed E-state index contributed by atoms with van der Waals surface area (Å²) >= 11 is 0. The molecule has 1 aliphatic heterocycles. The van der Waals surface area contributed by atoms with Gasteiger partial charge in [0.05, 0.1) is 30.7 Å². The minimum atomic E-state index is -4.56. The minimum absolute atomic E-state index is 0.0652. The summed E-state index contributed by atoms with van der Waals surface area (Å²) in [5.41, 5.74) is 6.75. The van der Waals surface area contributed by atoms with Crippen molar-refractivity contribution in [2.75, 3.05) is 44.5 Å². The molecule has 1 aromatic carbocycles. The van der Waals surface area contributed by atoms with E-state index in [0.717, 1.165) is 37.6 Å². The average Bonchev–Trinajstić information content (AvgIpc) is 3.39. The van der Waals surface area contributed by atoms with Gasteiger partial charge in [-0.3, -0.25) is 14.0 Å². The van der Waals surface area contributed by atoms with Gasteiger partial charge in [-0.2, -0.15) is 13.2 Å². The molecule has 3 N–H and O–H groups in total. The molecule has 2 fully saturated rings. The Hall–Kier alpha value is -4.56. The van der Waals surface area contributed by atoms with Crippen molar-refractivity contribution in [1.82, 2.24) is 24.3 Å². The molecule has 1 saturated heterocycles. The molecule has 44 heavy (non-hydrogen) atoms. The molecule has 4 aromatic rings. The van der Waals surface area contributed by atoms with Crippen molar-refractivity contribution in [2.24, 2.45) is 5.41 Å². The molecule has 4 heterocycles. The summed E-state index contributed by atoms with van der Waals surface area (Å²) in [6.45, 7) is 1.51. The summed E-state index contributed by atoms with van der Waals surface area (Å²) in [5.74, 6) is 0.000658. The third kappa shape index (κ3) is 5.46. The van der Waals surface area contributed by atoms with Crippen LogP contribution in [0.15, 0.2) is 55.0 Å². The van der Waals surface area contributed by atoms with Crippen LogP contribution < -0.4 is 11.1 Å². The zero-order chi connectivity index (χ0) is 31.1. The van der Waals surface area contributed by atoms with Gasteiger partial charge >= 0.3 is 6.18 Å². The zero-order valence-electron chi connectivity index (χ0n) is 23.8. The Labute approximate surface area is 250 Å². The van der Waals surface area contributed by atoms with E-state index in [9.17, 15) is 22.8 Å². The second kappa shape index (κ2) is 11.5. The summed E-state index contributed by atoms with van der Waals surface area (Å²) in [6.07, 6.45) is 1.76. The van der Waals surface area contributed by atoms with Crippen LogP contribution in [0.5, 0.6) is 0 Å². The third-order valence-electron chi connectivity index (χ3n) is 8.19. The molecule has 1 aliphatic carbocycles. The molecule has 3 aromatic heterocycles. The maximum Gasteiger partial charge on any atom is 0.416 e. The van der Waals surface area contributed by atoms with E-state index in [1.165, 1.54) is 12.1 Å². The van der Waals surface area contributed by atoms with Crippen molar-refractivity contribution < 1.29 is 32.2 Å². The number of alkyl halides is 3. The van der Waals surface area contributed by atoms with Gasteiger partial charge in [-0.1, -0.05) is 18.6 Å². The van der Waals surface area contributed by atoms with Gasteiger partial charge in [-0.05, 0) is 37.1 Å². The summed E-state index contributed by atoms with van der Waals surface area (Å²) in [6, 6.07) is 7.98. The van der Waals surface area contributed by atoms with Gasteiger partial charge in [0.2, 0.25) is 5.91 Å². The van der Waals surface area contributed by atoms with Crippen LogP contribution in [0.4, 0.5) is 24.8 Å². The standard InChI is InChI=1S/C30H30F3N7O4/c1-43-17-29(8-2-9-29)28(42)39-13-14-44-21(16-39)26-38-23(24-25(34)36-11-12-40(24)26)18-3-5-19(6-4-18)27(41)37-22-15-20(7-10-35-22)30(31,32)33/h3-7,10-12,15,21H,2,8-9,13-14,16-17H2,1H3,(H2,34,36)(H,35,37,41)/t21-/m1/s1. The number of pyridine rings is 1. The first-order chi connectivity index (χ1) is 21.1. The lowest BCUT2D eigenvalue weighted by molar-refractivity contribution is -0.159. The van der Waals surface area contributed by atoms with E-state index in [0.29, 0.717) is 48.9 Å². The van der Waals surface area contributed by atoms with E-state index in [-0.39, 0.29) is 23.1 Å². The number of nitrogens with one attached hydrogen (secondary N) is 1. The normalized spacial score (nSPS) is 18.2. The number of rotatable bonds is 7. The number of nitrogen functional groups attached to an aromatic ring is 1. The highest BCUT2D eigenvalue weighted by atomic mass is 19.4. The predicted molar refractivity (Wildman–Crippen MR) is 153 cm³/mol. The average molecular weight is 610 g/mol. The lowest BCUT2D eigenvalue weighted by Gasteiger charge is -2.44. The molecule has 14 heteroatoms. The molecule has 0 radical (unpaired) electrons. The van der Waals surface area contributed by atoms with Crippen LogP contribution in [0.2, 0.25) is 0 Å².